The number of amides is 2. The van der Waals surface area contributed by atoms with Crippen LogP contribution in [0.3, 0.4) is 0 Å². The molecule has 0 heterocycles. The molecule has 0 unspecified atom stereocenters. The normalized spacial score (nSPS) is 17.6. The third-order valence-corrected chi connectivity index (χ3v) is 9.97. The highest BCUT2D eigenvalue weighted by Gasteiger charge is 2.31. The molecule has 0 bridgehead atoms. The van der Waals surface area contributed by atoms with Gasteiger partial charge >= 0.3 is 11.9 Å². The number of carbonyl (C=O) groups is 4. The molecular weight excluding hydrogens is 716 g/mol. The minimum absolute atomic E-state index is 0.0967. The first-order valence-electron chi connectivity index (χ1n) is 20.4. The first-order chi connectivity index (χ1) is 26.6. The van der Waals surface area contributed by atoms with Gasteiger partial charge in [-0.25, -0.2) is 9.59 Å². The Morgan fingerprint density at radius 2 is 1.12 bits per heavy atom. The van der Waals surface area contributed by atoms with Crippen LogP contribution in [0, 0.1) is 11.3 Å². The highest BCUT2D eigenvalue weighted by atomic mass is 16.5. The number of hydrogen-bond donors (Lipinski definition) is 4. The topological polar surface area (TPSA) is 170 Å². The molecule has 4 N–H and O–H groups in total. The van der Waals surface area contributed by atoms with Crippen molar-refractivity contribution < 1.29 is 48.3 Å². The van der Waals surface area contributed by atoms with E-state index in [-0.39, 0.29) is 30.7 Å². The number of nitrogens with one attached hydrogen (secondary N) is 2. The summed E-state index contributed by atoms with van der Waals surface area (Å²) in [6, 6.07) is 14.4. The van der Waals surface area contributed by atoms with Crippen molar-refractivity contribution in [2.75, 3.05) is 19.8 Å². The van der Waals surface area contributed by atoms with Crippen LogP contribution >= 0.6 is 0 Å². The molecule has 314 valence electrons. The summed E-state index contributed by atoms with van der Waals surface area (Å²) in [6.07, 6.45) is 6.44. The Morgan fingerprint density at radius 1 is 0.679 bits per heavy atom. The minimum Gasteiger partial charge on any atom is -0.481 e. The molecule has 4 atom stereocenters. The number of aliphatic carboxylic acids is 2. The van der Waals surface area contributed by atoms with E-state index in [9.17, 15) is 24.3 Å². The molecule has 0 spiro atoms. The van der Waals surface area contributed by atoms with Crippen molar-refractivity contribution in [3.05, 3.63) is 59.7 Å². The molecule has 2 amide bonds. The zero-order valence-corrected chi connectivity index (χ0v) is 34.9. The van der Waals surface area contributed by atoms with Gasteiger partial charge in [-0.15, -0.1) is 0 Å². The van der Waals surface area contributed by atoms with Crippen LogP contribution in [0.25, 0.3) is 0 Å². The van der Waals surface area contributed by atoms with E-state index in [1.165, 1.54) is 12.8 Å². The van der Waals surface area contributed by atoms with E-state index < -0.39 is 36.4 Å². The van der Waals surface area contributed by atoms with Gasteiger partial charge in [0, 0.05) is 38.6 Å². The molecule has 56 heavy (non-hydrogen) atoms. The molecule has 12 nitrogen and oxygen atoms in total. The summed E-state index contributed by atoms with van der Waals surface area (Å²) in [5.74, 6) is -0.308. The zero-order chi connectivity index (χ0) is 41.7. The molecule has 1 aliphatic carbocycles. The molecule has 1 fully saturated rings. The van der Waals surface area contributed by atoms with Crippen LogP contribution < -0.4 is 20.1 Å². The van der Waals surface area contributed by atoms with Crippen molar-refractivity contribution in [1.29, 1.82) is 0 Å². The fourth-order valence-electron chi connectivity index (χ4n) is 6.52. The van der Waals surface area contributed by atoms with Crippen molar-refractivity contribution in [3.63, 3.8) is 0 Å². The molecule has 0 radical (unpaired) electrons. The second-order valence-corrected chi connectivity index (χ2v) is 15.6. The van der Waals surface area contributed by atoms with Gasteiger partial charge in [-0.2, -0.15) is 0 Å². The summed E-state index contributed by atoms with van der Waals surface area (Å²) >= 11 is 0. The standard InChI is InChI=1S/C24H37NO5.C20H31NO5/c1-6-29-21(23(27)28)15-17-7-13-20(14-8-17)30-16(2)22(26)25-19-11-9-18(10-12-19)24(3,4)5;1-4-6-7-8-13-21-19(22)15(3)26-17-11-9-16(10-12-17)14-18(20(23)24)25-5-2/h7-8,13-14,16,18-19,21H,6,9-12,15H2,1-5H3,(H,25,26)(H,27,28);9-12,15,18H,4-8,13-14H2,1-3H3,(H,21,22)(H,23,24)/t16-,18?,19?,21-;15-,18-/m00/s1. The van der Waals surface area contributed by atoms with Crippen LogP contribution in [-0.2, 0) is 41.5 Å². The molecule has 0 aliphatic heterocycles. The third-order valence-electron chi connectivity index (χ3n) is 9.97. The van der Waals surface area contributed by atoms with Crippen LogP contribution in [-0.4, -0.2) is 84.2 Å². The van der Waals surface area contributed by atoms with E-state index in [0.29, 0.717) is 42.6 Å². The van der Waals surface area contributed by atoms with Crippen LogP contribution in [0.15, 0.2) is 48.5 Å². The Labute approximate surface area is 334 Å². The van der Waals surface area contributed by atoms with E-state index in [1.54, 1.807) is 64.1 Å². The Morgan fingerprint density at radius 3 is 1.52 bits per heavy atom. The van der Waals surface area contributed by atoms with Crippen molar-refractivity contribution >= 4 is 23.8 Å². The van der Waals surface area contributed by atoms with Gasteiger partial charge in [0.1, 0.15) is 11.5 Å². The largest absolute Gasteiger partial charge is 0.481 e. The van der Waals surface area contributed by atoms with Gasteiger partial charge in [-0.1, -0.05) is 71.2 Å². The molecule has 0 saturated heterocycles. The van der Waals surface area contributed by atoms with Crippen molar-refractivity contribution in [2.45, 2.75) is 150 Å². The molecule has 1 saturated carbocycles. The molecule has 1 aliphatic rings. The average molecular weight is 785 g/mol. The fourth-order valence-corrected chi connectivity index (χ4v) is 6.52. The van der Waals surface area contributed by atoms with E-state index in [2.05, 4.69) is 38.3 Å². The van der Waals surface area contributed by atoms with Crippen molar-refractivity contribution in [3.8, 4) is 11.5 Å². The van der Waals surface area contributed by atoms with Crippen LogP contribution in [0.1, 0.15) is 118 Å². The summed E-state index contributed by atoms with van der Waals surface area (Å²) in [5.41, 5.74) is 2.01. The lowest BCUT2D eigenvalue weighted by atomic mass is 9.71. The van der Waals surface area contributed by atoms with Gasteiger partial charge in [0.15, 0.2) is 24.4 Å². The van der Waals surface area contributed by atoms with E-state index in [0.717, 1.165) is 49.7 Å². The Kier molecular flexibility index (Phi) is 21.6. The van der Waals surface area contributed by atoms with Gasteiger partial charge < -0.3 is 39.8 Å². The highest BCUT2D eigenvalue weighted by molar-refractivity contribution is 5.81. The number of ether oxygens (including phenoxy) is 4. The van der Waals surface area contributed by atoms with Crippen LogP contribution in [0.5, 0.6) is 11.5 Å². The van der Waals surface area contributed by atoms with Crippen LogP contribution in [0.4, 0.5) is 0 Å². The molecule has 12 heteroatoms. The number of carboxylic acid groups (broad SMARTS) is 2. The first-order valence-corrected chi connectivity index (χ1v) is 20.4. The third kappa shape index (κ3) is 18.2. The number of hydrogen-bond acceptors (Lipinski definition) is 8. The Balaban J connectivity index is 0.000000391. The van der Waals surface area contributed by atoms with Gasteiger partial charge in [-0.3, -0.25) is 9.59 Å². The molecule has 3 rings (SSSR count). The van der Waals surface area contributed by atoms with Crippen molar-refractivity contribution in [1.82, 2.24) is 10.6 Å². The molecule has 2 aromatic rings. The SMILES string of the molecule is CCCCCCNC(=O)[C@H](C)Oc1ccc(C[C@H](OCC)C(=O)O)cc1.CCO[C@@H](Cc1ccc(O[C@@H](C)C(=O)NC2CCC(C(C)(C)C)CC2)cc1)C(=O)O. The maximum atomic E-state index is 12.5. The number of carbonyl (C=O) groups excluding carboxylic acids is 2. The predicted molar refractivity (Wildman–Crippen MR) is 217 cm³/mol. The summed E-state index contributed by atoms with van der Waals surface area (Å²) in [7, 11) is 0. The molecular formula is C44H68N2O10. The predicted octanol–water partition coefficient (Wildman–Crippen LogP) is 7.39. The smallest absolute Gasteiger partial charge is 0.333 e. The van der Waals surface area contributed by atoms with Crippen molar-refractivity contribution in [2.24, 2.45) is 11.3 Å². The summed E-state index contributed by atoms with van der Waals surface area (Å²) in [6.45, 7) is 17.4. The Bertz CT molecular complexity index is 1450. The van der Waals surface area contributed by atoms with Gasteiger partial charge in [-0.05, 0) is 107 Å². The van der Waals surface area contributed by atoms with Gasteiger partial charge in [0.2, 0.25) is 0 Å². The second-order valence-electron chi connectivity index (χ2n) is 15.6. The van der Waals surface area contributed by atoms with E-state index in [1.807, 2.05) is 12.1 Å². The van der Waals surface area contributed by atoms with E-state index >= 15 is 0 Å². The molecule has 0 aromatic heterocycles. The number of unbranched alkanes of at least 4 members (excludes halogenated alkanes) is 3. The monoisotopic (exact) mass is 784 g/mol. The lowest BCUT2D eigenvalue weighted by Crippen LogP contribution is -2.44. The summed E-state index contributed by atoms with van der Waals surface area (Å²) in [4.78, 5) is 46.9. The number of carboxylic acids is 2. The average Bonchev–Trinajstić information content (AvgIpc) is 3.15. The second kappa shape index (κ2) is 25.2. The summed E-state index contributed by atoms with van der Waals surface area (Å²) in [5, 5.41) is 24.3. The maximum Gasteiger partial charge on any atom is 0.333 e. The van der Waals surface area contributed by atoms with E-state index in [4.69, 9.17) is 24.1 Å². The number of rotatable bonds is 22. The van der Waals surface area contributed by atoms with Gasteiger partial charge in [0.25, 0.3) is 11.8 Å². The maximum absolute atomic E-state index is 12.5. The highest BCUT2D eigenvalue weighted by Crippen LogP contribution is 2.37. The molecule has 2 aromatic carbocycles. The lowest BCUT2D eigenvalue weighted by Gasteiger charge is -2.37. The quantitative estimate of drug-likeness (QED) is 0.0884. The number of benzene rings is 2. The first kappa shape index (κ1) is 48.0. The zero-order valence-electron chi connectivity index (χ0n) is 34.9. The lowest BCUT2D eigenvalue weighted by molar-refractivity contribution is -0.150. The fraction of sp³-hybridized carbons (Fsp3) is 0.636. The summed E-state index contributed by atoms with van der Waals surface area (Å²) < 4.78 is 21.9. The minimum atomic E-state index is -0.976. The van der Waals surface area contributed by atoms with Gasteiger partial charge in [0.05, 0.1) is 0 Å². The Hall–Kier alpha value is -4.16. The van der Waals surface area contributed by atoms with Crippen LogP contribution in [0.2, 0.25) is 0 Å².